The van der Waals surface area contributed by atoms with Crippen LogP contribution in [-0.4, -0.2) is 70.1 Å². The summed E-state index contributed by atoms with van der Waals surface area (Å²) in [5, 5.41) is 4.21. The van der Waals surface area contributed by atoms with Gasteiger partial charge in [0.15, 0.2) is 0 Å². The average molecular weight is 351 g/mol. The number of carbonyl (C=O) groups excluding carboxylic acids is 1. The van der Waals surface area contributed by atoms with Gasteiger partial charge in [-0.25, -0.2) is 0 Å². The van der Waals surface area contributed by atoms with Crippen molar-refractivity contribution in [2.45, 2.75) is 30.1 Å². The van der Waals surface area contributed by atoms with Crippen molar-refractivity contribution >= 4 is 17.7 Å². The van der Waals surface area contributed by atoms with Crippen molar-refractivity contribution in [2.24, 2.45) is 13.0 Å². The van der Waals surface area contributed by atoms with Crippen molar-refractivity contribution in [1.29, 1.82) is 0 Å². The second-order valence-electron chi connectivity index (χ2n) is 7.25. The molecule has 0 N–H and O–H groups in total. The fourth-order valence-electron chi connectivity index (χ4n) is 3.80. The Kier molecular flexibility index (Phi) is 4.58. The molecule has 0 unspecified atom stereocenters. The zero-order valence-corrected chi connectivity index (χ0v) is 15.0. The van der Waals surface area contributed by atoms with Gasteiger partial charge in [-0.05, 0) is 31.2 Å². The number of amides is 1. The fourth-order valence-corrected chi connectivity index (χ4v) is 5.35. The molecule has 1 aromatic heterocycles. The van der Waals surface area contributed by atoms with E-state index in [4.69, 9.17) is 9.47 Å². The normalized spacial score (nSPS) is 26.7. The second-order valence-corrected chi connectivity index (χ2v) is 8.73. The van der Waals surface area contributed by atoms with Crippen LogP contribution in [0.5, 0.6) is 0 Å². The molecule has 4 rings (SSSR count). The van der Waals surface area contributed by atoms with Gasteiger partial charge in [0.1, 0.15) is 5.69 Å². The van der Waals surface area contributed by atoms with Crippen LogP contribution in [0.1, 0.15) is 29.8 Å². The van der Waals surface area contributed by atoms with Crippen LogP contribution in [0.25, 0.3) is 0 Å². The van der Waals surface area contributed by atoms with E-state index in [1.54, 1.807) is 10.7 Å². The summed E-state index contributed by atoms with van der Waals surface area (Å²) in [7, 11) is 1.83. The monoisotopic (exact) mass is 351 g/mol. The Morgan fingerprint density at radius 2 is 2.25 bits per heavy atom. The van der Waals surface area contributed by atoms with Crippen LogP contribution in [0.2, 0.25) is 0 Å². The van der Waals surface area contributed by atoms with E-state index in [1.165, 1.54) is 0 Å². The highest BCUT2D eigenvalue weighted by atomic mass is 32.2. The van der Waals surface area contributed by atoms with Crippen LogP contribution in [0.15, 0.2) is 12.3 Å². The van der Waals surface area contributed by atoms with Crippen LogP contribution >= 0.6 is 11.8 Å². The lowest BCUT2D eigenvalue weighted by Crippen LogP contribution is -2.60. The number of likely N-dealkylation sites (tertiary alicyclic amines) is 1. The van der Waals surface area contributed by atoms with Crippen LogP contribution in [0.3, 0.4) is 0 Å². The van der Waals surface area contributed by atoms with Gasteiger partial charge in [0.05, 0.1) is 10.9 Å². The third-order valence-corrected chi connectivity index (χ3v) is 6.84. The highest BCUT2D eigenvalue weighted by molar-refractivity contribution is 8.01. The quantitative estimate of drug-likeness (QED) is 0.824. The van der Waals surface area contributed by atoms with Crippen LogP contribution < -0.4 is 0 Å². The first-order valence-electron chi connectivity index (χ1n) is 8.76. The highest BCUT2D eigenvalue weighted by Crippen LogP contribution is 2.46. The number of ether oxygens (including phenoxy) is 2. The van der Waals surface area contributed by atoms with Gasteiger partial charge < -0.3 is 14.4 Å². The zero-order valence-electron chi connectivity index (χ0n) is 14.1. The Balaban J connectivity index is 1.23. The SMILES string of the molecule is Cn1ccc(C(=O)N2CC3(C[C@@H](OCC4CCOCC4)CS3)C2)n1. The van der Waals surface area contributed by atoms with E-state index in [0.29, 0.717) is 17.7 Å². The van der Waals surface area contributed by atoms with Crippen molar-refractivity contribution in [1.82, 2.24) is 14.7 Å². The standard InChI is InChI=1S/C17H25N3O3S/c1-19-5-2-15(18-19)16(21)20-11-17(12-20)8-14(10-24-17)23-9-13-3-6-22-7-4-13/h2,5,13-14H,3-4,6-12H2,1H3/t14-/m1/s1. The molecule has 132 valence electrons. The largest absolute Gasteiger partial charge is 0.381 e. The molecular weight excluding hydrogens is 326 g/mol. The number of nitrogens with zero attached hydrogens (tertiary/aromatic N) is 3. The topological polar surface area (TPSA) is 56.6 Å². The van der Waals surface area contributed by atoms with Crippen molar-refractivity contribution in [3.05, 3.63) is 18.0 Å². The summed E-state index contributed by atoms with van der Waals surface area (Å²) < 4.78 is 13.4. The smallest absolute Gasteiger partial charge is 0.274 e. The fraction of sp³-hybridized carbons (Fsp3) is 0.765. The van der Waals surface area contributed by atoms with E-state index in [-0.39, 0.29) is 10.7 Å². The summed E-state index contributed by atoms with van der Waals surface area (Å²) in [4.78, 5) is 14.3. The third kappa shape index (κ3) is 3.34. The van der Waals surface area contributed by atoms with E-state index >= 15 is 0 Å². The van der Waals surface area contributed by atoms with E-state index in [2.05, 4.69) is 5.10 Å². The van der Waals surface area contributed by atoms with Gasteiger partial charge in [0.25, 0.3) is 5.91 Å². The van der Waals surface area contributed by atoms with Gasteiger partial charge in [0.2, 0.25) is 0 Å². The van der Waals surface area contributed by atoms with E-state index in [1.807, 2.05) is 29.9 Å². The molecule has 3 aliphatic rings. The maximum Gasteiger partial charge on any atom is 0.274 e. The first-order valence-corrected chi connectivity index (χ1v) is 9.74. The molecule has 1 spiro atoms. The summed E-state index contributed by atoms with van der Waals surface area (Å²) in [6.45, 7) is 4.26. The Labute approximate surface area is 146 Å². The Hall–Kier alpha value is -1.05. The maximum atomic E-state index is 12.4. The Bertz CT molecular complexity index is 594. The molecule has 3 fully saturated rings. The molecule has 6 nitrogen and oxygen atoms in total. The van der Waals surface area contributed by atoms with Gasteiger partial charge in [-0.2, -0.15) is 5.10 Å². The van der Waals surface area contributed by atoms with Gasteiger partial charge in [-0.3, -0.25) is 9.48 Å². The summed E-state index contributed by atoms with van der Waals surface area (Å²) in [6.07, 6.45) is 5.46. The number of aromatic nitrogens is 2. The molecule has 3 saturated heterocycles. The second kappa shape index (κ2) is 6.69. The van der Waals surface area contributed by atoms with Crippen molar-refractivity contribution in [3.8, 4) is 0 Å². The first kappa shape index (κ1) is 16.4. The van der Waals surface area contributed by atoms with E-state index in [0.717, 1.165) is 57.9 Å². The summed E-state index contributed by atoms with van der Waals surface area (Å²) in [5.74, 6) is 1.76. The molecule has 24 heavy (non-hydrogen) atoms. The number of carbonyl (C=O) groups is 1. The van der Waals surface area contributed by atoms with E-state index in [9.17, 15) is 4.79 Å². The minimum absolute atomic E-state index is 0.0494. The zero-order chi connectivity index (χ0) is 16.6. The van der Waals surface area contributed by atoms with Gasteiger partial charge in [-0.15, -0.1) is 11.8 Å². The summed E-state index contributed by atoms with van der Waals surface area (Å²) in [6, 6.07) is 1.79. The minimum atomic E-state index is 0.0494. The lowest BCUT2D eigenvalue weighted by atomic mass is 9.92. The number of aryl methyl sites for hydroxylation is 1. The molecule has 4 heterocycles. The number of thioether (sulfide) groups is 1. The van der Waals surface area contributed by atoms with Gasteiger partial charge >= 0.3 is 0 Å². The minimum Gasteiger partial charge on any atom is -0.381 e. The van der Waals surface area contributed by atoms with Gasteiger partial charge in [-0.1, -0.05) is 0 Å². The molecular formula is C17H25N3O3S. The molecule has 7 heteroatoms. The molecule has 0 aromatic carbocycles. The van der Waals surface area contributed by atoms with Crippen LogP contribution in [-0.2, 0) is 16.5 Å². The molecule has 1 atom stereocenters. The van der Waals surface area contributed by atoms with Crippen molar-refractivity contribution in [3.63, 3.8) is 0 Å². The maximum absolute atomic E-state index is 12.4. The average Bonchev–Trinajstić information content (AvgIpc) is 3.18. The number of hydrogen-bond donors (Lipinski definition) is 0. The lowest BCUT2D eigenvalue weighted by Gasteiger charge is -2.47. The number of hydrogen-bond acceptors (Lipinski definition) is 5. The predicted octanol–water partition coefficient (Wildman–Crippen LogP) is 1.56. The van der Waals surface area contributed by atoms with Crippen LogP contribution in [0, 0.1) is 5.92 Å². The van der Waals surface area contributed by atoms with Crippen LogP contribution in [0.4, 0.5) is 0 Å². The molecule has 0 aliphatic carbocycles. The molecule has 0 bridgehead atoms. The predicted molar refractivity (Wildman–Crippen MR) is 92.2 cm³/mol. The first-order chi connectivity index (χ1) is 11.6. The molecule has 1 amide bonds. The van der Waals surface area contributed by atoms with Crippen molar-refractivity contribution < 1.29 is 14.3 Å². The lowest BCUT2D eigenvalue weighted by molar-refractivity contribution is -0.0119. The summed E-state index contributed by atoms with van der Waals surface area (Å²) >= 11 is 1.98. The molecule has 0 saturated carbocycles. The van der Waals surface area contributed by atoms with Crippen molar-refractivity contribution in [2.75, 3.05) is 38.7 Å². The Morgan fingerprint density at radius 3 is 2.96 bits per heavy atom. The molecule has 0 radical (unpaired) electrons. The summed E-state index contributed by atoms with van der Waals surface area (Å²) in [5.41, 5.74) is 0.544. The molecule has 3 aliphatic heterocycles. The third-order valence-electron chi connectivity index (χ3n) is 5.26. The number of rotatable bonds is 4. The molecule has 1 aromatic rings. The Morgan fingerprint density at radius 1 is 1.46 bits per heavy atom. The highest BCUT2D eigenvalue weighted by Gasteiger charge is 2.51. The van der Waals surface area contributed by atoms with Gasteiger partial charge in [0, 0.05) is 51.9 Å². The van der Waals surface area contributed by atoms with E-state index < -0.39 is 0 Å².